The molecule has 2 rings (SSSR count). The van der Waals surface area contributed by atoms with Crippen LogP contribution in [0.25, 0.3) is 0 Å². The van der Waals surface area contributed by atoms with E-state index in [0.717, 1.165) is 25.7 Å². The number of fused-ring (bicyclic) bond motifs is 2. The van der Waals surface area contributed by atoms with Crippen LogP contribution in [-0.4, -0.2) is 40.0 Å². The molecular weight excluding hydrogens is 244 g/mol. The van der Waals surface area contributed by atoms with Crippen molar-refractivity contribution < 1.29 is 14.7 Å². The van der Waals surface area contributed by atoms with Crippen molar-refractivity contribution in [3.63, 3.8) is 0 Å². The molecule has 2 saturated heterocycles. The fourth-order valence-electron chi connectivity index (χ4n) is 3.54. The maximum absolute atomic E-state index is 12.3. The molecule has 2 aliphatic rings. The maximum Gasteiger partial charge on any atom is 0.303 e. The Balaban J connectivity index is 2.00. The van der Waals surface area contributed by atoms with Crippen LogP contribution >= 0.6 is 0 Å². The lowest BCUT2D eigenvalue weighted by Crippen LogP contribution is -2.52. The highest BCUT2D eigenvalue weighted by Gasteiger charge is 2.44. The molecule has 0 aromatic rings. The molecule has 2 fully saturated rings. The first-order chi connectivity index (χ1) is 9.02. The average molecular weight is 266 g/mol. The lowest BCUT2D eigenvalue weighted by molar-refractivity contribution is -0.140. The van der Waals surface area contributed by atoms with Crippen molar-refractivity contribution in [2.24, 2.45) is 11.7 Å². The molecule has 3 unspecified atom stereocenters. The number of carboxylic acids is 1. The van der Waals surface area contributed by atoms with Crippen molar-refractivity contribution in [2.75, 3.05) is 0 Å². The fourth-order valence-corrected chi connectivity index (χ4v) is 3.54. The summed E-state index contributed by atoms with van der Waals surface area (Å²) in [6.07, 6.45) is 5.94. The zero-order valence-electron chi connectivity index (χ0n) is 11.1. The Morgan fingerprint density at radius 1 is 1.37 bits per heavy atom. The topological polar surface area (TPSA) is 83.6 Å². The zero-order chi connectivity index (χ0) is 14.0. The van der Waals surface area contributed by atoms with Gasteiger partial charge in [0.15, 0.2) is 0 Å². The molecule has 0 spiro atoms. The van der Waals surface area contributed by atoms with Gasteiger partial charge in [-0.15, -0.1) is 6.58 Å². The van der Waals surface area contributed by atoms with E-state index < -0.39 is 12.0 Å². The normalized spacial score (nSPS) is 31.0. The van der Waals surface area contributed by atoms with Gasteiger partial charge in [-0.25, -0.2) is 0 Å². The molecule has 0 aliphatic carbocycles. The summed E-state index contributed by atoms with van der Waals surface area (Å²) < 4.78 is 0. The second kappa shape index (κ2) is 5.74. The highest BCUT2D eigenvalue weighted by Crippen LogP contribution is 2.40. The molecule has 0 aromatic carbocycles. The van der Waals surface area contributed by atoms with Crippen molar-refractivity contribution in [1.29, 1.82) is 0 Å². The van der Waals surface area contributed by atoms with Crippen LogP contribution in [0.3, 0.4) is 0 Å². The van der Waals surface area contributed by atoms with Gasteiger partial charge in [0.25, 0.3) is 0 Å². The fraction of sp³-hybridized carbons (Fsp3) is 0.714. The van der Waals surface area contributed by atoms with Gasteiger partial charge < -0.3 is 15.7 Å². The molecule has 1 amide bonds. The molecule has 2 bridgehead atoms. The van der Waals surface area contributed by atoms with Gasteiger partial charge in [-0.3, -0.25) is 9.59 Å². The van der Waals surface area contributed by atoms with Gasteiger partial charge >= 0.3 is 5.97 Å². The third-order valence-electron chi connectivity index (χ3n) is 4.29. The quantitative estimate of drug-likeness (QED) is 0.731. The van der Waals surface area contributed by atoms with E-state index in [1.807, 2.05) is 4.90 Å². The van der Waals surface area contributed by atoms with Gasteiger partial charge in [0.05, 0.1) is 6.04 Å². The molecule has 3 atom stereocenters. The Kier molecular flexibility index (Phi) is 4.24. The number of piperidine rings is 1. The van der Waals surface area contributed by atoms with Crippen LogP contribution in [0, 0.1) is 5.92 Å². The molecule has 2 aliphatic heterocycles. The number of carbonyl (C=O) groups excluding carboxylic acids is 1. The number of hydrogen-bond acceptors (Lipinski definition) is 3. The summed E-state index contributed by atoms with van der Waals surface area (Å²) in [6, 6.07) is -0.130. The highest BCUT2D eigenvalue weighted by atomic mass is 16.4. The molecular formula is C14H22N2O3. The van der Waals surface area contributed by atoms with Crippen LogP contribution in [0.5, 0.6) is 0 Å². The van der Waals surface area contributed by atoms with Crippen LogP contribution in [-0.2, 0) is 9.59 Å². The zero-order valence-corrected chi connectivity index (χ0v) is 11.1. The molecule has 0 saturated carbocycles. The summed E-state index contributed by atoms with van der Waals surface area (Å²) in [7, 11) is 0. The van der Waals surface area contributed by atoms with E-state index in [1.54, 1.807) is 6.08 Å². The van der Waals surface area contributed by atoms with Crippen molar-refractivity contribution in [3.8, 4) is 0 Å². The SMILES string of the molecule is C=CCC(N)C(=O)N1C2CCC1CC(CC(=O)O)C2. The second-order valence-corrected chi connectivity index (χ2v) is 5.70. The Labute approximate surface area is 113 Å². The number of hydrogen-bond donors (Lipinski definition) is 2. The molecule has 3 N–H and O–H groups in total. The van der Waals surface area contributed by atoms with E-state index in [9.17, 15) is 9.59 Å². The Bertz CT molecular complexity index is 369. The standard InChI is InChI=1S/C14H22N2O3/c1-2-3-12(15)14(19)16-10-4-5-11(16)7-9(6-10)8-13(17)18/h2,9-12H,1,3-8,15H2,(H,17,18). The lowest BCUT2D eigenvalue weighted by Gasteiger charge is -2.39. The van der Waals surface area contributed by atoms with Gasteiger partial charge in [-0.1, -0.05) is 6.08 Å². The number of amides is 1. The Morgan fingerprint density at radius 3 is 2.42 bits per heavy atom. The van der Waals surface area contributed by atoms with E-state index in [2.05, 4.69) is 6.58 Å². The van der Waals surface area contributed by atoms with E-state index in [1.165, 1.54) is 0 Å². The van der Waals surface area contributed by atoms with Crippen molar-refractivity contribution in [1.82, 2.24) is 4.90 Å². The highest BCUT2D eigenvalue weighted by molar-refractivity contribution is 5.83. The van der Waals surface area contributed by atoms with Gasteiger partial charge in [0.2, 0.25) is 5.91 Å². The Morgan fingerprint density at radius 2 is 1.95 bits per heavy atom. The maximum atomic E-state index is 12.3. The predicted octanol–water partition coefficient (Wildman–Crippen LogP) is 1.13. The Hall–Kier alpha value is -1.36. The van der Waals surface area contributed by atoms with Crippen LogP contribution in [0.1, 0.15) is 38.5 Å². The summed E-state index contributed by atoms with van der Waals surface area (Å²) >= 11 is 0. The number of rotatable bonds is 5. The van der Waals surface area contributed by atoms with Gasteiger partial charge in [0.1, 0.15) is 0 Å². The molecule has 19 heavy (non-hydrogen) atoms. The molecule has 106 valence electrons. The van der Waals surface area contributed by atoms with Crippen LogP contribution in [0.2, 0.25) is 0 Å². The van der Waals surface area contributed by atoms with Gasteiger partial charge in [0, 0.05) is 18.5 Å². The smallest absolute Gasteiger partial charge is 0.303 e. The summed E-state index contributed by atoms with van der Waals surface area (Å²) in [5.74, 6) is -0.539. The van der Waals surface area contributed by atoms with Crippen molar-refractivity contribution in [2.45, 2.75) is 56.7 Å². The summed E-state index contributed by atoms with van der Waals surface area (Å²) in [4.78, 5) is 25.0. The van der Waals surface area contributed by atoms with Gasteiger partial charge in [-0.05, 0) is 38.0 Å². The largest absolute Gasteiger partial charge is 0.481 e. The number of carbonyl (C=O) groups is 2. The number of nitrogens with two attached hydrogens (primary N) is 1. The van der Waals surface area contributed by atoms with Crippen LogP contribution in [0.4, 0.5) is 0 Å². The average Bonchev–Trinajstić information content (AvgIpc) is 2.59. The molecule has 2 heterocycles. The lowest BCUT2D eigenvalue weighted by atomic mass is 9.87. The minimum Gasteiger partial charge on any atom is -0.481 e. The van der Waals surface area contributed by atoms with E-state index in [0.29, 0.717) is 6.42 Å². The number of aliphatic carboxylic acids is 1. The van der Waals surface area contributed by atoms with E-state index in [4.69, 9.17) is 10.8 Å². The molecule has 0 aromatic heterocycles. The first-order valence-corrected chi connectivity index (χ1v) is 6.93. The van der Waals surface area contributed by atoms with E-state index >= 15 is 0 Å². The number of nitrogens with zero attached hydrogens (tertiary/aromatic N) is 1. The first kappa shape index (κ1) is 14.1. The minimum absolute atomic E-state index is 0.00109. The second-order valence-electron chi connectivity index (χ2n) is 5.70. The molecule has 0 radical (unpaired) electrons. The summed E-state index contributed by atoms with van der Waals surface area (Å²) in [6.45, 7) is 3.61. The summed E-state index contributed by atoms with van der Waals surface area (Å²) in [5, 5.41) is 8.88. The van der Waals surface area contributed by atoms with Crippen molar-refractivity contribution in [3.05, 3.63) is 12.7 Å². The monoisotopic (exact) mass is 266 g/mol. The minimum atomic E-state index is -0.743. The third kappa shape index (κ3) is 2.97. The van der Waals surface area contributed by atoms with Gasteiger partial charge in [-0.2, -0.15) is 0 Å². The summed E-state index contributed by atoms with van der Waals surface area (Å²) in [5.41, 5.74) is 5.87. The first-order valence-electron chi connectivity index (χ1n) is 6.93. The van der Waals surface area contributed by atoms with Crippen LogP contribution < -0.4 is 5.73 Å². The van der Waals surface area contributed by atoms with E-state index in [-0.39, 0.29) is 30.3 Å². The number of carboxylic acid groups (broad SMARTS) is 1. The molecule has 5 heteroatoms. The predicted molar refractivity (Wildman–Crippen MR) is 71.4 cm³/mol. The van der Waals surface area contributed by atoms with Crippen molar-refractivity contribution >= 4 is 11.9 Å². The van der Waals surface area contributed by atoms with Crippen LogP contribution in [0.15, 0.2) is 12.7 Å². The third-order valence-corrected chi connectivity index (χ3v) is 4.29. The molecule has 5 nitrogen and oxygen atoms in total.